The van der Waals surface area contributed by atoms with Crippen LogP contribution in [0.1, 0.15) is 50.6 Å². The molecule has 4 aromatic rings. The van der Waals surface area contributed by atoms with Crippen LogP contribution in [0.3, 0.4) is 0 Å². The summed E-state index contributed by atoms with van der Waals surface area (Å²) in [4.78, 5) is 25.4. The smallest absolute Gasteiger partial charge is 0.220 e. The normalized spacial score (nSPS) is 18.8. The minimum Gasteiger partial charge on any atom is -0.355 e. The van der Waals surface area contributed by atoms with Gasteiger partial charge in [0, 0.05) is 55.0 Å². The quantitative estimate of drug-likeness (QED) is 0.408. The Kier molecular flexibility index (Phi) is 5.36. The molecule has 0 radical (unpaired) electrons. The fourth-order valence-electron chi connectivity index (χ4n) is 4.46. The van der Waals surface area contributed by atoms with E-state index in [2.05, 4.69) is 55.3 Å². The van der Waals surface area contributed by atoms with Crippen molar-refractivity contribution in [2.24, 2.45) is 0 Å². The second-order valence-corrected chi connectivity index (χ2v) is 11.0. The van der Waals surface area contributed by atoms with Gasteiger partial charge in [-0.1, -0.05) is 0 Å². The van der Waals surface area contributed by atoms with Crippen LogP contribution >= 0.6 is 0 Å². The molecule has 35 heavy (non-hydrogen) atoms. The third kappa shape index (κ3) is 4.20. The topological polar surface area (TPSA) is 120 Å². The van der Waals surface area contributed by atoms with Crippen LogP contribution in [0.5, 0.6) is 0 Å². The van der Waals surface area contributed by atoms with E-state index in [4.69, 9.17) is 0 Å². The molecule has 1 saturated heterocycles. The van der Waals surface area contributed by atoms with E-state index in [1.54, 1.807) is 24.7 Å². The van der Waals surface area contributed by atoms with E-state index in [-0.39, 0.29) is 23.1 Å². The van der Waals surface area contributed by atoms with Gasteiger partial charge in [-0.2, -0.15) is 9.19 Å². The van der Waals surface area contributed by atoms with Crippen LogP contribution < -0.4 is 10.6 Å². The molecule has 1 aliphatic carbocycles. The zero-order chi connectivity index (χ0) is 24.1. The third-order valence-electron chi connectivity index (χ3n) is 6.45. The van der Waals surface area contributed by atoms with Crippen LogP contribution in [-0.4, -0.2) is 50.6 Å². The molecule has 2 N–H and O–H groups in total. The third-order valence-corrected chi connectivity index (χ3v) is 8.06. The average molecular weight is 491 g/mol. The van der Waals surface area contributed by atoms with Crippen molar-refractivity contribution in [1.82, 2.24) is 34.0 Å². The van der Waals surface area contributed by atoms with Crippen LogP contribution in [0, 0.1) is 0 Å². The number of hydrogen-bond donors (Lipinski definition) is 2. The number of amides is 1. The van der Waals surface area contributed by atoms with Crippen LogP contribution in [-0.2, 0) is 15.8 Å². The Bertz CT molecular complexity index is 1460. The molecule has 180 valence electrons. The molecule has 4 aromatic heterocycles. The first-order chi connectivity index (χ1) is 17.0. The zero-order valence-electron chi connectivity index (χ0n) is 19.5. The summed E-state index contributed by atoms with van der Waals surface area (Å²) in [5, 5.41) is 11.7. The predicted octanol–water partition coefficient (Wildman–Crippen LogP) is 3.29. The van der Waals surface area contributed by atoms with E-state index < -0.39 is 11.0 Å². The number of nitrogens with one attached hydrogen (secondary N) is 2. The van der Waals surface area contributed by atoms with Gasteiger partial charge < -0.3 is 15.2 Å². The summed E-state index contributed by atoms with van der Waals surface area (Å²) in [6, 6.07) is 4.06. The molecule has 2 unspecified atom stereocenters. The van der Waals surface area contributed by atoms with E-state index in [1.807, 2.05) is 12.3 Å². The first-order valence-corrected chi connectivity index (χ1v) is 13.0. The fourth-order valence-corrected chi connectivity index (χ4v) is 5.66. The molecule has 1 saturated carbocycles. The van der Waals surface area contributed by atoms with Crippen molar-refractivity contribution >= 4 is 39.4 Å². The number of carbonyl (C=O) groups excluding carboxylic acids is 1. The highest BCUT2D eigenvalue weighted by atomic mass is 32.2. The molecule has 1 aliphatic heterocycles. The van der Waals surface area contributed by atoms with Gasteiger partial charge in [0.05, 0.1) is 28.7 Å². The van der Waals surface area contributed by atoms with Gasteiger partial charge in [-0.05, 0) is 38.3 Å². The number of pyridine rings is 1. The second kappa shape index (κ2) is 8.56. The Morgan fingerprint density at radius 2 is 2.03 bits per heavy atom. The molecular weight excluding hydrogens is 464 g/mol. The van der Waals surface area contributed by atoms with Crippen LogP contribution in [0.4, 0.5) is 11.6 Å². The zero-order valence-corrected chi connectivity index (χ0v) is 20.3. The maximum Gasteiger partial charge on any atom is 0.220 e. The van der Waals surface area contributed by atoms with Crippen LogP contribution in [0.25, 0.3) is 22.3 Å². The van der Waals surface area contributed by atoms with Crippen molar-refractivity contribution in [2.45, 2.75) is 50.3 Å². The van der Waals surface area contributed by atoms with Gasteiger partial charge in [-0.3, -0.25) is 4.79 Å². The van der Waals surface area contributed by atoms with Gasteiger partial charge in [0.25, 0.3) is 0 Å². The van der Waals surface area contributed by atoms with E-state index in [9.17, 15) is 9.00 Å². The monoisotopic (exact) mass is 490 g/mol. The summed E-state index contributed by atoms with van der Waals surface area (Å²) < 4.78 is 16.1. The van der Waals surface area contributed by atoms with E-state index >= 15 is 0 Å². The molecule has 0 bridgehead atoms. The van der Waals surface area contributed by atoms with E-state index in [1.165, 1.54) is 4.09 Å². The standard InChI is InChI=1S/C24H26N8O2S/c1-14(2)31-13-19(15-7-23(33)27-9-15)18-11-26-22(8-20(18)31)29-21-5-6-25-24(30-21)16-10-28-32(12-16)35(34)17-3-4-17/h5-6,8,10-15,17H,3-4,7,9H2,1-2H3,(H,27,33)(H,25,26,29,30). The fraction of sp³-hybridized carbons (Fsp3) is 0.375. The van der Waals surface area contributed by atoms with Gasteiger partial charge in [0.2, 0.25) is 5.91 Å². The first kappa shape index (κ1) is 21.9. The molecular formula is C24H26N8O2S. The molecule has 0 spiro atoms. The van der Waals surface area contributed by atoms with Crippen molar-refractivity contribution in [3.63, 3.8) is 0 Å². The number of carbonyl (C=O) groups is 1. The number of fused-ring (bicyclic) bond motifs is 1. The van der Waals surface area contributed by atoms with Gasteiger partial charge in [-0.25, -0.2) is 19.2 Å². The first-order valence-electron chi connectivity index (χ1n) is 11.8. The summed E-state index contributed by atoms with van der Waals surface area (Å²) in [5.41, 5.74) is 2.92. The van der Waals surface area contributed by atoms with Crippen molar-refractivity contribution in [1.29, 1.82) is 0 Å². The highest BCUT2D eigenvalue weighted by Crippen LogP contribution is 2.34. The molecule has 2 fully saturated rings. The Labute approximate surface area is 204 Å². The van der Waals surface area contributed by atoms with Gasteiger partial charge >= 0.3 is 0 Å². The van der Waals surface area contributed by atoms with Crippen molar-refractivity contribution < 1.29 is 9.00 Å². The summed E-state index contributed by atoms with van der Waals surface area (Å²) >= 11 is 0. The number of rotatable bonds is 7. The Hall–Kier alpha value is -3.60. The van der Waals surface area contributed by atoms with Gasteiger partial charge in [0.15, 0.2) is 5.82 Å². The summed E-state index contributed by atoms with van der Waals surface area (Å²) in [7, 11) is -1.14. The Morgan fingerprint density at radius 3 is 2.77 bits per heavy atom. The van der Waals surface area contributed by atoms with Gasteiger partial charge in [-0.15, -0.1) is 0 Å². The molecule has 1 amide bonds. The molecule has 10 nitrogen and oxygen atoms in total. The minimum atomic E-state index is -1.14. The van der Waals surface area contributed by atoms with Gasteiger partial charge in [0.1, 0.15) is 22.6 Å². The summed E-state index contributed by atoms with van der Waals surface area (Å²) in [6.07, 6.45) is 11.5. The van der Waals surface area contributed by atoms with E-state index in [0.717, 1.165) is 29.3 Å². The molecule has 2 aliphatic rings. The highest BCUT2D eigenvalue weighted by Gasteiger charge is 2.30. The maximum atomic E-state index is 12.4. The van der Waals surface area contributed by atoms with Crippen LogP contribution in [0.2, 0.25) is 0 Å². The van der Waals surface area contributed by atoms with E-state index in [0.29, 0.717) is 36.0 Å². The number of anilines is 2. The van der Waals surface area contributed by atoms with Crippen LogP contribution in [0.15, 0.2) is 43.1 Å². The lowest BCUT2D eigenvalue weighted by Crippen LogP contribution is -2.13. The number of aromatic nitrogens is 6. The lowest BCUT2D eigenvalue weighted by atomic mass is 9.98. The minimum absolute atomic E-state index is 0.0931. The summed E-state index contributed by atoms with van der Waals surface area (Å²) in [5.74, 6) is 2.02. The largest absolute Gasteiger partial charge is 0.355 e. The maximum absolute atomic E-state index is 12.4. The molecule has 5 heterocycles. The number of nitrogens with zero attached hydrogens (tertiary/aromatic N) is 6. The highest BCUT2D eigenvalue weighted by molar-refractivity contribution is 7.84. The predicted molar refractivity (Wildman–Crippen MR) is 134 cm³/mol. The lowest BCUT2D eigenvalue weighted by molar-refractivity contribution is -0.119. The van der Waals surface area contributed by atoms with Crippen molar-refractivity contribution in [3.8, 4) is 11.4 Å². The van der Waals surface area contributed by atoms with Crippen molar-refractivity contribution in [2.75, 3.05) is 11.9 Å². The lowest BCUT2D eigenvalue weighted by Gasteiger charge is -2.10. The molecule has 0 aromatic carbocycles. The number of hydrogen-bond acceptors (Lipinski definition) is 7. The SMILES string of the molecule is CC(C)n1cc(C2CNC(=O)C2)c2cnc(Nc3ccnc(-c4cnn(S(=O)C5CC5)c4)n3)cc21. The Balaban J connectivity index is 1.28. The molecule has 6 rings (SSSR count). The summed E-state index contributed by atoms with van der Waals surface area (Å²) in [6.45, 7) is 4.94. The molecule has 11 heteroatoms. The Morgan fingerprint density at radius 1 is 1.17 bits per heavy atom. The average Bonchev–Trinajstić information content (AvgIpc) is 3.24. The molecule has 2 atom stereocenters. The van der Waals surface area contributed by atoms with Crippen molar-refractivity contribution in [3.05, 3.63) is 48.7 Å². The second-order valence-electron chi connectivity index (χ2n) is 9.37.